The highest BCUT2D eigenvalue weighted by atomic mass is 16.4. The summed E-state index contributed by atoms with van der Waals surface area (Å²) < 4.78 is 1.92. The second-order valence-electron chi connectivity index (χ2n) is 5.32. The number of nitrogens with zero attached hydrogens (tertiary/aromatic N) is 4. The standard InChI is InChI=1S/C15H18N4O2/c1-18-13(4-8-17-18)11-5-9-19(10-6-11)14-12(15(20)21)3-2-7-16-14/h2-4,7-8,11H,5-6,9-10H2,1H3,(H,20,21). The SMILES string of the molecule is Cn1nccc1C1CCN(c2ncccc2C(=O)O)CC1. The Kier molecular flexibility index (Phi) is 3.60. The molecule has 0 aromatic carbocycles. The highest BCUT2D eigenvalue weighted by Gasteiger charge is 2.25. The molecule has 0 atom stereocenters. The van der Waals surface area contributed by atoms with Crippen LogP contribution in [0.25, 0.3) is 0 Å². The summed E-state index contributed by atoms with van der Waals surface area (Å²) in [4.78, 5) is 17.6. The van der Waals surface area contributed by atoms with Gasteiger partial charge in [0.25, 0.3) is 0 Å². The summed E-state index contributed by atoms with van der Waals surface area (Å²) in [6, 6.07) is 5.33. The Hall–Kier alpha value is -2.37. The summed E-state index contributed by atoms with van der Waals surface area (Å²) in [7, 11) is 1.96. The second kappa shape index (κ2) is 5.55. The lowest BCUT2D eigenvalue weighted by Gasteiger charge is -2.33. The Morgan fingerprint density at radius 3 is 2.67 bits per heavy atom. The van der Waals surface area contributed by atoms with Crippen LogP contribution in [0, 0.1) is 0 Å². The molecule has 2 aromatic heterocycles. The predicted octanol–water partition coefficient (Wildman–Crippen LogP) is 1.90. The van der Waals surface area contributed by atoms with E-state index in [1.165, 1.54) is 5.69 Å². The Morgan fingerprint density at radius 2 is 2.05 bits per heavy atom. The van der Waals surface area contributed by atoms with Gasteiger partial charge in [-0.2, -0.15) is 5.10 Å². The number of hydrogen-bond acceptors (Lipinski definition) is 4. The molecule has 1 aliphatic heterocycles. The van der Waals surface area contributed by atoms with E-state index in [-0.39, 0.29) is 5.56 Å². The quantitative estimate of drug-likeness (QED) is 0.933. The fraction of sp³-hybridized carbons (Fsp3) is 0.400. The largest absolute Gasteiger partial charge is 0.478 e. The number of carboxylic acids is 1. The third-order valence-corrected chi connectivity index (χ3v) is 4.09. The first-order valence-corrected chi connectivity index (χ1v) is 7.08. The third kappa shape index (κ3) is 2.61. The van der Waals surface area contributed by atoms with Crippen molar-refractivity contribution in [3.05, 3.63) is 41.9 Å². The first-order chi connectivity index (χ1) is 10.2. The van der Waals surface area contributed by atoms with E-state index in [0.717, 1.165) is 25.9 Å². The molecule has 0 radical (unpaired) electrons. The Bertz CT molecular complexity index is 645. The van der Waals surface area contributed by atoms with Gasteiger partial charge >= 0.3 is 5.97 Å². The molecule has 1 saturated heterocycles. The minimum Gasteiger partial charge on any atom is -0.478 e. The maximum absolute atomic E-state index is 11.3. The minimum absolute atomic E-state index is 0.275. The van der Waals surface area contributed by atoms with Crippen molar-refractivity contribution in [3.8, 4) is 0 Å². The van der Waals surface area contributed by atoms with Gasteiger partial charge < -0.3 is 10.0 Å². The molecule has 0 spiro atoms. The molecular weight excluding hydrogens is 268 g/mol. The lowest BCUT2D eigenvalue weighted by molar-refractivity contribution is 0.0697. The Balaban J connectivity index is 1.75. The number of carbonyl (C=O) groups is 1. The zero-order valence-electron chi connectivity index (χ0n) is 11.9. The molecule has 6 nitrogen and oxygen atoms in total. The number of aryl methyl sites for hydroxylation is 1. The monoisotopic (exact) mass is 286 g/mol. The molecule has 6 heteroatoms. The van der Waals surface area contributed by atoms with Gasteiger partial charge in [0, 0.05) is 44.1 Å². The number of aromatic nitrogens is 3. The average molecular weight is 286 g/mol. The molecule has 1 aliphatic rings. The van der Waals surface area contributed by atoms with E-state index in [4.69, 9.17) is 0 Å². The van der Waals surface area contributed by atoms with Crippen molar-refractivity contribution in [2.75, 3.05) is 18.0 Å². The van der Waals surface area contributed by atoms with Crippen LogP contribution in [0.2, 0.25) is 0 Å². The summed E-state index contributed by atoms with van der Waals surface area (Å²) in [5.41, 5.74) is 1.52. The molecule has 3 rings (SSSR count). The molecule has 0 unspecified atom stereocenters. The molecule has 3 heterocycles. The van der Waals surface area contributed by atoms with Gasteiger partial charge in [-0.3, -0.25) is 4.68 Å². The molecule has 1 fully saturated rings. The van der Waals surface area contributed by atoms with Gasteiger partial charge in [-0.05, 0) is 31.0 Å². The molecule has 2 aromatic rings. The van der Waals surface area contributed by atoms with E-state index in [9.17, 15) is 9.90 Å². The van der Waals surface area contributed by atoms with Crippen LogP contribution in [0.15, 0.2) is 30.6 Å². The fourth-order valence-corrected chi connectivity index (χ4v) is 2.99. The maximum Gasteiger partial charge on any atom is 0.339 e. The van der Waals surface area contributed by atoms with Gasteiger partial charge in [-0.25, -0.2) is 9.78 Å². The van der Waals surface area contributed by atoms with Crippen molar-refractivity contribution in [2.24, 2.45) is 7.05 Å². The van der Waals surface area contributed by atoms with Crippen LogP contribution >= 0.6 is 0 Å². The number of piperidine rings is 1. The highest BCUT2D eigenvalue weighted by molar-refractivity contribution is 5.93. The highest BCUT2D eigenvalue weighted by Crippen LogP contribution is 2.30. The van der Waals surface area contributed by atoms with Gasteiger partial charge in [0.1, 0.15) is 11.4 Å². The maximum atomic E-state index is 11.3. The molecule has 0 saturated carbocycles. The van der Waals surface area contributed by atoms with Crippen LogP contribution in [0.5, 0.6) is 0 Å². The summed E-state index contributed by atoms with van der Waals surface area (Å²) in [5.74, 6) is 0.131. The molecular formula is C15H18N4O2. The smallest absolute Gasteiger partial charge is 0.339 e. The minimum atomic E-state index is -0.924. The zero-order valence-corrected chi connectivity index (χ0v) is 11.9. The molecule has 0 bridgehead atoms. The topological polar surface area (TPSA) is 71.2 Å². The Labute approximate surface area is 123 Å². The van der Waals surface area contributed by atoms with E-state index in [1.807, 2.05) is 17.9 Å². The van der Waals surface area contributed by atoms with Crippen molar-refractivity contribution >= 4 is 11.8 Å². The van der Waals surface area contributed by atoms with E-state index < -0.39 is 5.97 Å². The summed E-state index contributed by atoms with van der Waals surface area (Å²) in [6.45, 7) is 1.63. The van der Waals surface area contributed by atoms with Crippen molar-refractivity contribution in [1.29, 1.82) is 0 Å². The predicted molar refractivity (Wildman–Crippen MR) is 78.6 cm³/mol. The van der Waals surface area contributed by atoms with Crippen LogP contribution in [-0.2, 0) is 7.05 Å². The number of pyridine rings is 1. The van der Waals surface area contributed by atoms with Crippen LogP contribution in [-0.4, -0.2) is 38.9 Å². The lowest BCUT2D eigenvalue weighted by atomic mass is 9.93. The first-order valence-electron chi connectivity index (χ1n) is 7.08. The fourth-order valence-electron chi connectivity index (χ4n) is 2.99. The average Bonchev–Trinajstić information content (AvgIpc) is 2.93. The molecule has 0 aliphatic carbocycles. The van der Waals surface area contributed by atoms with Crippen molar-refractivity contribution in [2.45, 2.75) is 18.8 Å². The van der Waals surface area contributed by atoms with E-state index in [0.29, 0.717) is 11.7 Å². The van der Waals surface area contributed by atoms with E-state index >= 15 is 0 Å². The molecule has 21 heavy (non-hydrogen) atoms. The van der Waals surface area contributed by atoms with Crippen LogP contribution in [0.4, 0.5) is 5.82 Å². The van der Waals surface area contributed by atoms with Crippen LogP contribution in [0.1, 0.15) is 34.8 Å². The molecule has 1 N–H and O–H groups in total. The number of aromatic carboxylic acids is 1. The van der Waals surface area contributed by atoms with Crippen LogP contribution < -0.4 is 4.90 Å². The van der Waals surface area contributed by atoms with E-state index in [2.05, 4.69) is 21.0 Å². The number of anilines is 1. The van der Waals surface area contributed by atoms with E-state index in [1.54, 1.807) is 18.3 Å². The van der Waals surface area contributed by atoms with Gasteiger partial charge in [-0.1, -0.05) is 0 Å². The zero-order chi connectivity index (χ0) is 14.8. The number of hydrogen-bond donors (Lipinski definition) is 1. The van der Waals surface area contributed by atoms with Crippen molar-refractivity contribution < 1.29 is 9.90 Å². The first kappa shape index (κ1) is 13.6. The summed E-state index contributed by atoms with van der Waals surface area (Å²) in [6.07, 6.45) is 5.43. The third-order valence-electron chi connectivity index (χ3n) is 4.09. The van der Waals surface area contributed by atoms with Crippen molar-refractivity contribution in [3.63, 3.8) is 0 Å². The summed E-state index contributed by atoms with van der Waals surface area (Å²) >= 11 is 0. The van der Waals surface area contributed by atoms with Gasteiger partial charge in [0.2, 0.25) is 0 Å². The second-order valence-corrected chi connectivity index (χ2v) is 5.32. The lowest BCUT2D eigenvalue weighted by Crippen LogP contribution is -2.35. The normalized spacial score (nSPS) is 16.1. The summed E-state index contributed by atoms with van der Waals surface area (Å²) in [5, 5.41) is 13.5. The number of rotatable bonds is 3. The van der Waals surface area contributed by atoms with Crippen molar-refractivity contribution in [1.82, 2.24) is 14.8 Å². The van der Waals surface area contributed by atoms with Crippen LogP contribution in [0.3, 0.4) is 0 Å². The molecule has 110 valence electrons. The van der Waals surface area contributed by atoms with Gasteiger partial charge in [-0.15, -0.1) is 0 Å². The van der Waals surface area contributed by atoms with Gasteiger partial charge in [0.05, 0.1) is 0 Å². The van der Waals surface area contributed by atoms with Gasteiger partial charge in [0.15, 0.2) is 0 Å². The molecule has 0 amide bonds. The Morgan fingerprint density at radius 1 is 1.29 bits per heavy atom. The number of carboxylic acid groups (broad SMARTS) is 1.